The zero-order valence-electron chi connectivity index (χ0n) is 7.99. The van der Waals surface area contributed by atoms with E-state index < -0.39 is 0 Å². The molecule has 1 heterocycles. The Morgan fingerprint density at radius 2 is 1.93 bits per heavy atom. The van der Waals surface area contributed by atoms with Crippen molar-refractivity contribution in [2.75, 3.05) is 5.73 Å². The molecule has 0 saturated heterocycles. The number of hydrogen-bond acceptors (Lipinski definition) is 4. The van der Waals surface area contributed by atoms with Crippen LogP contribution in [0.15, 0.2) is 0 Å². The van der Waals surface area contributed by atoms with E-state index in [2.05, 4.69) is 15.0 Å². The predicted molar refractivity (Wildman–Crippen MR) is 57.5 cm³/mol. The smallest absolute Gasteiger partial charge is 0.224 e. The number of nitrogens with two attached hydrogens (primary N) is 1. The third-order valence-electron chi connectivity index (χ3n) is 2.68. The van der Waals surface area contributed by atoms with Crippen molar-refractivity contribution < 1.29 is 0 Å². The minimum atomic E-state index is 0.349. The molecule has 0 atom stereocenters. The van der Waals surface area contributed by atoms with Gasteiger partial charge in [0.2, 0.25) is 10.7 Å². The fourth-order valence-electron chi connectivity index (χ4n) is 1.99. The van der Waals surface area contributed by atoms with E-state index in [4.69, 9.17) is 18.0 Å². The Kier molecular flexibility index (Phi) is 2.77. The quantitative estimate of drug-likeness (QED) is 0.697. The van der Waals surface area contributed by atoms with E-state index in [0.717, 1.165) is 5.82 Å². The van der Waals surface area contributed by atoms with Gasteiger partial charge >= 0.3 is 0 Å². The number of anilines is 1. The molecule has 1 aliphatic rings. The number of nitrogen functional groups attached to an aromatic ring is 1. The molecule has 3 N–H and O–H groups in total. The monoisotopic (exact) mass is 210 g/mol. The first-order chi connectivity index (χ1) is 6.75. The number of nitrogens with one attached hydrogen (secondary N) is 1. The summed E-state index contributed by atoms with van der Waals surface area (Å²) in [5.74, 6) is 1.79. The molecule has 0 unspecified atom stereocenters. The largest absolute Gasteiger partial charge is 0.369 e. The van der Waals surface area contributed by atoms with Gasteiger partial charge in [0.05, 0.1) is 0 Å². The Labute approximate surface area is 88.0 Å². The zero-order chi connectivity index (χ0) is 9.97. The first-order valence-electron chi connectivity index (χ1n) is 4.99. The van der Waals surface area contributed by atoms with Crippen LogP contribution in [-0.2, 0) is 0 Å². The third kappa shape index (κ3) is 2.09. The molecule has 0 aromatic carbocycles. The molecular weight excluding hydrogens is 196 g/mol. The summed E-state index contributed by atoms with van der Waals surface area (Å²) in [5.41, 5.74) is 5.59. The van der Waals surface area contributed by atoms with Crippen LogP contribution in [0.5, 0.6) is 0 Å². The van der Waals surface area contributed by atoms with Crippen molar-refractivity contribution in [2.45, 2.75) is 38.0 Å². The molecule has 1 aromatic rings. The van der Waals surface area contributed by atoms with E-state index in [1.54, 1.807) is 0 Å². The summed E-state index contributed by atoms with van der Waals surface area (Å²) in [5, 5.41) is 0. The molecule has 0 aliphatic heterocycles. The summed E-state index contributed by atoms with van der Waals surface area (Å²) < 4.78 is 0.349. The SMILES string of the molecule is Nc1nc(=S)nc(C2CCCCC2)[nH]1. The van der Waals surface area contributed by atoms with Gasteiger partial charge in [0.15, 0.2) is 0 Å². The second kappa shape index (κ2) is 4.04. The molecule has 1 saturated carbocycles. The fourth-order valence-corrected chi connectivity index (χ4v) is 2.18. The van der Waals surface area contributed by atoms with Gasteiger partial charge in [0, 0.05) is 5.92 Å². The van der Waals surface area contributed by atoms with Crippen LogP contribution in [0.4, 0.5) is 5.95 Å². The van der Waals surface area contributed by atoms with Gasteiger partial charge < -0.3 is 10.7 Å². The maximum absolute atomic E-state index is 5.59. The minimum Gasteiger partial charge on any atom is -0.369 e. The van der Waals surface area contributed by atoms with Crippen LogP contribution in [0.3, 0.4) is 0 Å². The van der Waals surface area contributed by atoms with Crippen molar-refractivity contribution in [3.8, 4) is 0 Å². The predicted octanol–water partition coefficient (Wildman–Crippen LogP) is 2.16. The second-order valence-corrected chi connectivity index (χ2v) is 4.10. The Morgan fingerprint density at radius 1 is 1.21 bits per heavy atom. The highest BCUT2D eigenvalue weighted by atomic mass is 32.1. The molecule has 0 radical (unpaired) electrons. The molecule has 1 aliphatic carbocycles. The molecule has 1 aromatic heterocycles. The Bertz CT molecular complexity index is 367. The van der Waals surface area contributed by atoms with Gasteiger partial charge in [-0.05, 0) is 25.1 Å². The van der Waals surface area contributed by atoms with Crippen molar-refractivity contribution in [3.05, 3.63) is 10.6 Å². The van der Waals surface area contributed by atoms with Crippen LogP contribution >= 0.6 is 12.2 Å². The number of aromatic amines is 1. The summed E-state index contributed by atoms with van der Waals surface area (Å²) in [6.07, 6.45) is 6.24. The molecule has 0 amide bonds. The van der Waals surface area contributed by atoms with E-state index in [9.17, 15) is 0 Å². The van der Waals surface area contributed by atoms with Gasteiger partial charge in [-0.2, -0.15) is 4.98 Å². The lowest BCUT2D eigenvalue weighted by Gasteiger charge is -2.20. The lowest BCUT2D eigenvalue weighted by atomic mass is 9.89. The summed E-state index contributed by atoms with van der Waals surface area (Å²) in [6, 6.07) is 0. The fraction of sp³-hybridized carbons (Fsp3) is 0.667. The summed E-state index contributed by atoms with van der Waals surface area (Å²) in [6.45, 7) is 0. The first-order valence-corrected chi connectivity index (χ1v) is 5.40. The molecule has 0 bridgehead atoms. The molecule has 2 rings (SSSR count). The van der Waals surface area contributed by atoms with Gasteiger partial charge in [0.25, 0.3) is 0 Å². The third-order valence-corrected chi connectivity index (χ3v) is 2.86. The topological polar surface area (TPSA) is 67.6 Å². The normalized spacial score (nSPS) is 18.3. The number of H-pyrrole nitrogens is 1. The van der Waals surface area contributed by atoms with Crippen molar-refractivity contribution >= 4 is 18.2 Å². The van der Waals surface area contributed by atoms with Gasteiger partial charge in [0.1, 0.15) is 5.82 Å². The maximum Gasteiger partial charge on any atom is 0.224 e. The van der Waals surface area contributed by atoms with Crippen LogP contribution < -0.4 is 5.73 Å². The Hall–Kier alpha value is -0.970. The number of aromatic nitrogens is 3. The molecule has 5 heteroatoms. The van der Waals surface area contributed by atoms with Crippen molar-refractivity contribution in [1.29, 1.82) is 0 Å². The average molecular weight is 210 g/mol. The molecule has 76 valence electrons. The lowest BCUT2D eigenvalue weighted by molar-refractivity contribution is 0.427. The molecule has 1 fully saturated rings. The number of hydrogen-bond donors (Lipinski definition) is 2. The van der Waals surface area contributed by atoms with Gasteiger partial charge in [-0.3, -0.25) is 0 Å². The number of nitrogens with zero attached hydrogens (tertiary/aromatic N) is 2. The average Bonchev–Trinajstić information content (AvgIpc) is 2.18. The standard InChI is InChI=1S/C9H14N4S/c10-8-11-7(12-9(14)13-8)6-4-2-1-3-5-6/h6H,1-5H2,(H3,10,11,12,13,14). The van der Waals surface area contributed by atoms with E-state index in [1.807, 2.05) is 0 Å². The van der Waals surface area contributed by atoms with E-state index in [0.29, 0.717) is 16.6 Å². The highest BCUT2D eigenvalue weighted by Crippen LogP contribution is 2.30. The lowest BCUT2D eigenvalue weighted by Crippen LogP contribution is -2.11. The molecule has 0 spiro atoms. The van der Waals surface area contributed by atoms with Crippen molar-refractivity contribution in [3.63, 3.8) is 0 Å². The highest BCUT2D eigenvalue weighted by Gasteiger charge is 2.17. The molecule has 14 heavy (non-hydrogen) atoms. The van der Waals surface area contributed by atoms with E-state index in [1.165, 1.54) is 32.1 Å². The first kappa shape index (κ1) is 9.58. The Balaban J connectivity index is 2.26. The number of rotatable bonds is 1. The van der Waals surface area contributed by atoms with Crippen LogP contribution in [0.1, 0.15) is 43.8 Å². The van der Waals surface area contributed by atoms with Crippen LogP contribution in [0.2, 0.25) is 0 Å². The van der Waals surface area contributed by atoms with E-state index in [-0.39, 0.29) is 0 Å². The minimum absolute atomic E-state index is 0.349. The van der Waals surface area contributed by atoms with Crippen molar-refractivity contribution in [2.24, 2.45) is 0 Å². The summed E-state index contributed by atoms with van der Waals surface area (Å²) >= 11 is 4.93. The molecule has 4 nitrogen and oxygen atoms in total. The summed E-state index contributed by atoms with van der Waals surface area (Å²) in [4.78, 5) is 11.1. The summed E-state index contributed by atoms with van der Waals surface area (Å²) in [7, 11) is 0. The van der Waals surface area contributed by atoms with E-state index >= 15 is 0 Å². The van der Waals surface area contributed by atoms with Crippen LogP contribution in [0.25, 0.3) is 0 Å². The zero-order valence-corrected chi connectivity index (χ0v) is 8.81. The van der Waals surface area contributed by atoms with Crippen molar-refractivity contribution in [1.82, 2.24) is 15.0 Å². The van der Waals surface area contributed by atoms with Crippen LogP contribution in [-0.4, -0.2) is 15.0 Å². The van der Waals surface area contributed by atoms with Gasteiger partial charge in [-0.1, -0.05) is 19.3 Å². The van der Waals surface area contributed by atoms with Crippen LogP contribution in [0, 0.1) is 4.77 Å². The van der Waals surface area contributed by atoms with Gasteiger partial charge in [-0.15, -0.1) is 0 Å². The second-order valence-electron chi connectivity index (χ2n) is 3.74. The Morgan fingerprint density at radius 3 is 2.57 bits per heavy atom. The highest BCUT2D eigenvalue weighted by molar-refractivity contribution is 7.71. The van der Waals surface area contributed by atoms with Gasteiger partial charge in [-0.25, -0.2) is 4.98 Å². The maximum atomic E-state index is 5.59. The molecular formula is C9H14N4S.